The van der Waals surface area contributed by atoms with Gasteiger partial charge in [-0.05, 0) is 67.2 Å². The highest BCUT2D eigenvalue weighted by Gasteiger charge is 2.52. The molecule has 11 heteroatoms. The maximum absolute atomic E-state index is 14.2. The molecule has 1 aliphatic carbocycles. The van der Waals surface area contributed by atoms with Gasteiger partial charge in [0.05, 0.1) is 18.2 Å². The molecule has 224 valence electrons. The number of alkyl halides is 3. The number of rotatable bonds is 10. The van der Waals surface area contributed by atoms with Gasteiger partial charge in [-0.25, -0.2) is 0 Å². The second-order valence-corrected chi connectivity index (χ2v) is 11.8. The second kappa shape index (κ2) is 12.3. The number of H-pyrrole nitrogens is 1. The van der Waals surface area contributed by atoms with Crippen molar-refractivity contribution in [2.75, 3.05) is 0 Å². The average Bonchev–Trinajstić information content (AvgIpc) is 3.58. The van der Waals surface area contributed by atoms with Crippen LogP contribution in [0.3, 0.4) is 0 Å². The summed E-state index contributed by atoms with van der Waals surface area (Å²) >= 11 is 0. The van der Waals surface area contributed by atoms with Crippen LogP contribution in [0.4, 0.5) is 13.2 Å². The van der Waals surface area contributed by atoms with Crippen molar-refractivity contribution in [1.82, 2.24) is 30.8 Å². The molecule has 0 bridgehead atoms. The Morgan fingerprint density at radius 3 is 2.31 bits per heavy atom. The second-order valence-electron chi connectivity index (χ2n) is 11.8. The Labute approximate surface area is 244 Å². The van der Waals surface area contributed by atoms with Crippen molar-refractivity contribution in [3.05, 3.63) is 76.6 Å². The molecule has 0 unspecified atom stereocenters. The molecular weight excluding hydrogens is 543 g/mol. The zero-order chi connectivity index (χ0) is 29.9. The predicted molar refractivity (Wildman–Crippen MR) is 153 cm³/mol. The highest BCUT2D eigenvalue weighted by Crippen LogP contribution is 2.48. The van der Waals surface area contributed by atoms with E-state index in [-0.39, 0.29) is 17.7 Å². The summed E-state index contributed by atoms with van der Waals surface area (Å²) in [5.41, 5.74) is 1.36. The van der Waals surface area contributed by atoms with Crippen molar-refractivity contribution < 1.29 is 18.0 Å². The molecule has 2 N–H and O–H groups in total. The van der Waals surface area contributed by atoms with Crippen LogP contribution in [-0.4, -0.2) is 42.8 Å². The van der Waals surface area contributed by atoms with Crippen LogP contribution in [0.1, 0.15) is 93.4 Å². The van der Waals surface area contributed by atoms with E-state index >= 15 is 0 Å². The third kappa shape index (κ3) is 6.25. The first-order valence-corrected chi connectivity index (χ1v) is 14.7. The number of nitrogens with zero attached hydrogens (tertiary/aromatic N) is 5. The SMILES string of the molecule is CCC[C@H](c1ccc(CNCc2nn[nH]n2)cc1)N1C(=O)C(c2ccc(C(F)(F)F)cc2)=NC12CCC(C(C)C)CC2. The number of carbonyl (C=O) groups is 1. The van der Waals surface area contributed by atoms with Gasteiger partial charge in [-0.2, -0.15) is 18.4 Å². The van der Waals surface area contributed by atoms with E-state index in [1.165, 1.54) is 12.1 Å². The van der Waals surface area contributed by atoms with Gasteiger partial charge in [0.15, 0.2) is 5.82 Å². The van der Waals surface area contributed by atoms with Gasteiger partial charge in [0.25, 0.3) is 5.91 Å². The summed E-state index contributed by atoms with van der Waals surface area (Å²) in [6, 6.07) is 12.9. The largest absolute Gasteiger partial charge is 0.416 e. The molecule has 5 rings (SSSR count). The molecule has 3 aromatic rings. The fourth-order valence-electron chi connectivity index (χ4n) is 6.32. The minimum Gasteiger partial charge on any atom is -0.306 e. The van der Waals surface area contributed by atoms with Gasteiger partial charge in [0, 0.05) is 12.1 Å². The van der Waals surface area contributed by atoms with Crippen LogP contribution in [0.5, 0.6) is 0 Å². The molecule has 2 aliphatic rings. The number of amides is 1. The quantitative estimate of drug-likeness (QED) is 0.296. The first kappa shape index (κ1) is 29.9. The van der Waals surface area contributed by atoms with Crippen molar-refractivity contribution in [3.8, 4) is 0 Å². The van der Waals surface area contributed by atoms with Crippen molar-refractivity contribution in [2.24, 2.45) is 16.8 Å². The molecule has 1 aromatic heterocycles. The molecule has 1 amide bonds. The first-order valence-electron chi connectivity index (χ1n) is 14.7. The van der Waals surface area contributed by atoms with Crippen LogP contribution < -0.4 is 5.32 Å². The number of aromatic nitrogens is 4. The number of benzene rings is 2. The molecule has 0 saturated heterocycles. The molecule has 1 spiro atoms. The molecule has 1 atom stereocenters. The van der Waals surface area contributed by atoms with E-state index in [0.29, 0.717) is 36.3 Å². The van der Waals surface area contributed by atoms with E-state index in [4.69, 9.17) is 4.99 Å². The van der Waals surface area contributed by atoms with Crippen LogP contribution in [0.2, 0.25) is 0 Å². The summed E-state index contributed by atoms with van der Waals surface area (Å²) < 4.78 is 39.7. The maximum Gasteiger partial charge on any atom is 0.416 e. The van der Waals surface area contributed by atoms with Crippen LogP contribution >= 0.6 is 0 Å². The lowest BCUT2D eigenvalue weighted by Crippen LogP contribution is -2.51. The van der Waals surface area contributed by atoms with Gasteiger partial charge in [0.1, 0.15) is 11.4 Å². The Morgan fingerprint density at radius 2 is 1.74 bits per heavy atom. The zero-order valence-corrected chi connectivity index (χ0v) is 24.3. The molecular formula is C31H38F3N7O. The van der Waals surface area contributed by atoms with E-state index in [1.54, 1.807) is 0 Å². The van der Waals surface area contributed by atoms with Crippen molar-refractivity contribution in [2.45, 2.75) is 90.3 Å². The number of hydrogen-bond donors (Lipinski definition) is 2. The smallest absolute Gasteiger partial charge is 0.306 e. The van der Waals surface area contributed by atoms with E-state index in [9.17, 15) is 18.0 Å². The summed E-state index contributed by atoms with van der Waals surface area (Å²) in [6.07, 6.45) is 0.566. The minimum absolute atomic E-state index is 0.199. The fraction of sp³-hybridized carbons (Fsp3) is 0.516. The first-order chi connectivity index (χ1) is 20.1. The van der Waals surface area contributed by atoms with Crippen molar-refractivity contribution >= 4 is 11.6 Å². The molecule has 1 saturated carbocycles. The lowest BCUT2D eigenvalue weighted by molar-refractivity contribution is -0.137. The summed E-state index contributed by atoms with van der Waals surface area (Å²) in [6.45, 7) is 7.68. The number of halogens is 3. The van der Waals surface area contributed by atoms with E-state index in [2.05, 4.69) is 71.0 Å². The van der Waals surface area contributed by atoms with Crippen LogP contribution in [0.25, 0.3) is 0 Å². The topological polar surface area (TPSA) is 99.2 Å². The average molecular weight is 582 g/mol. The number of tetrazole rings is 1. The molecule has 8 nitrogen and oxygen atoms in total. The highest BCUT2D eigenvalue weighted by atomic mass is 19.4. The summed E-state index contributed by atoms with van der Waals surface area (Å²) in [5.74, 6) is 1.48. The monoisotopic (exact) mass is 581 g/mol. The Kier molecular flexibility index (Phi) is 8.77. The van der Waals surface area contributed by atoms with Gasteiger partial charge >= 0.3 is 6.18 Å². The Balaban J connectivity index is 1.43. The molecule has 0 radical (unpaired) electrons. The van der Waals surface area contributed by atoms with Gasteiger partial charge in [-0.3, -0.25) is 9.79 Å². The lowest BCUT2D eigenvalue weighted by Gasteiger charge is -2.46. The van der Waals surface area contributed by atoms with Crippen molar-refractivity contribution in [1.29, 1.82) is 0 Å². The fourth-order valence-corrected chi connectivity index (χ4v) is 6.32. The predicted octanol–water partition coefficient (Wildman–Crippen LogP) is 6.22. The molecule has 42 heavy (non-hydrogen) atoms. The Bertz CT molecular complexity index is 1360. The number of aliphatic imine (C=N–C) groups is 1. The van der Waals surface area contributed by atoms with Gasteiger partial charge in [-0.15, -0.1) is 10.2 Å². The molecule has 2 aromatic carbocycles. The van der Waals surface area contributed by atoms with E-state index in [1.807, 2.05) is 4.90 Å². The number of hydrogen-bond acceptors (Lipinski definition) is 6. The summed E-state index contributed by atoms with van der Waals surface area (Å²) in [5, 5.41) is 17.2. The van der Waals surface area contributed by atoms with Crippen LogP contribution in [0.15, 0.2) is 53.5 Å². The highest BCUT2D eigenvalue weighted by molar-refractivity contribution is 6.46. The Morgan fingerprint density at radius 1 is 1.05 bits per heavy atom. The molecule has 1 fully saturated rings. The summed E-state index contributed by atoms with van der Waals surface area (Å²) in [4.78, 5) is 21.3. The van der Waals surface area contributed by atoms with Crippen LogP contribution in [-0.2, 0) is 24.1 Å². The number of aromatic amines is 1. The standard InChI is InChI=1S/C31H38F3N7O/c1-4-5-26(23-8-6-21(7-9-23)18-35-19-27-37-39-40-38-27)41-29(42)28(24-10-12-25(13-11-24)31(32,33)34)36-30(41)16-14-22(15-17-30)20(2)3/h6-13,20,22,26,35H,4-5,14-19H2,1-3H3,(H,37,38,39,40)/t22?,26-,30?/m1/s1. The number of nitrogens with one attached hydrogen (secondary N) is 2. The third-order valence-corrected chi connectivity index (χ3v) is 8.69. The summed E-state index contributed by atoms with van der Waals surface area (Å²) in [7, 11) is 0. The lowest BCUT2D eigenvalue weighted by atomic mass is 9.76. The van der Waals surface area contributed by atoms with Gasteiger partial charge < -0.3 is 10.2 Å². The van der Waals surface area contributed by atoms with E-state index < -0.39 is 17.4 Å². The molecule has 2 heterocycles. The van der Waals surface area contributed by atoms with Gasteiger partial charge in [-0.1, -0.05) is 68.8 Å². The van der Waals surface area contributed by atoms with Gasteiger partial charge in [0.2, 0.25) is 0 Å². The maximum atomic E-state index is 14.2. The Hall–Kier alpha value is -3.60. The minimum atomic E-state index is -4.44. The van der Waals surface area contributed by atoms with E-state index in [0.717, 1.165) is 61.8 Å². The normalized spacial score (nSPS) is 21.8. The zero-order valence-electron chi connectivity index (χ0n) is 24.3. The third-order valence-electron chi connectivity index (χ3n) is 8.69. The molecule has 1 aliphatic heterocycles. The van der Waals surface area contributed by atoms with Crippen LogP contribution in [0, 0.1) is 11.8 Å². The van der Waals surface area contributed by atoms with Crippen molar-refractivity contribution in [3.63, 3.8) is 0 Å². The number of carbonyl (C=O) groups excluding carboxylic acids is 1.